The predicted octanol–water partition coefficient (Wildman–Crippen LogP) is 1.76. The number of nitrogens with one attached hydrogen (secondary N) is 2. The quantitative estimate of drug-likeness (QED) is 0.863. The Bertz CT molecular complexity index is 375. The highest BCUT2D eigenvalue weighted by atomic mass is 35.5. The summed E-state index contributed by atoms with van der Waals surface area (Å²) >= 11 is 0. The standard InChI is InChI=1S/C13H18N2O.ClH/c1-10-3-2-4-12(7-10)13(16)15-9-11-5-6-14-8-11;/h2-4,7,11,14H,5-6,8-9H2,1H3,(H,15,16);1H. The van der Waals surface area contributed by atoms with Crippen molar-refractivity contribution < 1.29 is 4.79 Å². The van der Waals surface area contributed by atoms with Gasteiger partial charge in [0.1, 0.15) is 0 Å². The Kier molecular flexibility index (Phi) is 5.45. The lowest BCUT2D eigenvalue weighted by atomic mass is 10.1. The molecule has 1 saturated heterocycles. The number of hydrogen-bond donors (Lipinski definition) is 2. The minimum Gasteiger partial charge on any atom is -0.352 e. The molecule has 2 N–H and O–H groups in total. The molecule has 0 spiro atoms. The molecule has 3 nitrogen and oxygen atoms in total. The summed E-state index contributed by atoms with van der Waals surface area (Å²) in [6.45, 7) is 4.87. The van der Waals surface area contributed by atoms with E-state index in [0.717, 1.165) is 37.2 Å². The van der Waals surface area contributed by atoms with Crippen molar-refractivity contribution in [2.45, 2.75) is 13.3 Å². The van der Waals surface area contributed by atoms with Crippen LogP contribution in [-0.4, -0.2) is 25.5 Å². The van der Waals surface area contributed by atoms with E-state index in [4.69, 9.17) is 0 Å². The van der Waals surface area contributed by atoms with Crippen molar-refractivity contribution in [1.82, 2.24) is 10.6 Å². The van der Waals surface area contributed by atoms with Crippen LogP contribution >= 0.6 is 12.4 Å². The third-order valence-electron chi connectivity index (χ3n) is 2.99. The van der Waals surface area contributed by atoms with E-state index in [1.807, 2.05) is 31.2 Å². The van der Waals surface area contributed by atoms with Crippen LogP contribution < -0.4 is 10.6 Å². The smallest absolute Gasteiger partial charge is 0.251 e. The summed E-state index contributed by atoms with van der Waals surface area (Å²) < 4.78 is 0. The highest BCUT2D eigenvalue weighted by Gasteiger charge is 2.15. The molecule has 1 aliphatic heterocycles. The summed E-state index contributed by atoms with van der Waals surface area (Å²) in [6.07, 6.45) is 1.16. The second-order valence-electron chi connectivity index (χ2n) is 4.44. The minimum absolute atomic E-state index is 0. The monoisotopic (exact) mass is 254 g/mol. The molecule has 17 heavy (non-hydrogen) atoms. The van der Waals surface area contributed by atoms with Crippen molar-refractivity contribution in [2.24, 2.45) is 5.92 Å². The van der Waals surface area contributed by atoms with E-state index in [2.05, 4.69) is 10.6 Å². The number of aryl methyl sites for hydroxylation is 1. The van der Waals surface area contributed by atoms with Crippen molar-refractivity contribution in [3.63, 3.8) is 0 Å². The summed E-state index contributed by atoms with van der Waals surface area (Å²) in [4.78, 5) is 11.8. The highest BCUT2D eigenvalue weighted by Crippen LogP contribution is 2.07. The molecule has 1 aliphatic rings. The first-order valence-electron chi connectivity index (χ1n) is 5.81. The van der Waals surface area contributed by atoms with Gasteiger partial charge in [0.15, 0.2) is 0 Å². The van der Waals surface area contributed by atoms with Crippen LogP contribution in [0.3, 0.4) is 0 Å². The molecule has 0 radical (unpaired) electrons. The van der Waals surface area contributed by atoms with E-state index < -0.39 is 0 Å². The Labute approximate surface area is 108 Å². The number of carbonyl (C=O) groups is 1. The molecule has 1 amide bonds. The molecule has 1 heterocycles. The Balaban J connectivity index is 0.00000144. The van der Waals surface area contributed by atoms with Gasteiger partial charge in [-0.05, 0) is 44.5 Å². The number of carbonyl (C=O) groups excluding carboxylic acids is 1. The van der Waals surface area contributed by atoms with E-state index in [1.165, 1.54) is 0 Å². The van der Waals surface area contributed by atoms with Crippen LogP contribution in [0.1, 0.15) is 22.3 Å². The third kappa shape index (κ3) is 4.02. The van der Waals surface area contributed by atoms with Gasteiger partial charge < -0.3 is 10.6 Å². The number of rotatable bonds is 3. The zero-order chi connectivity index (χ0) is 11.4. The van der Waals surface area contributed by atoms with E-state index >= 15 is 0 Å². The largest absolute Gasteiger partial charge is 0.352 e. The summed E-state index contributed by atoms with van der Waals surface area (Å²) in [5.41, 5.74) is 1.88. The predicted molar refractivity (Wildman–Crippen MR) is 71.7 cm³/mol. The minimum atomic E-state index is 0. The van der Waals surface area contributed by atoms with Crippen molar-refractivity contribution in [3.8, 4) is 0 Å². The van der Waals surface area contributed by atoms with Crippen LogP contribution in [0.4, 0.5) is 0 Å². The average Bonchev–Trinajstić information content (AvgIpc) is 2.78. The lowest BCUT2D eigenvalue weighted by molar-refractivity contribution is 0.0948. The van der Waals surface area contributed by atoms with E-state index in [0.29, 0.717) is 5.92 Å². The van der Waals surface area contributed by atoms with Crippen LogP contribution in [0, 0.1) is 12.8 Å². The van der Waals surface area contributed by atoms with Gasteiger partial charge in [0.25, 0.3) is 5.91 Å². The molecule has 1 aromatic rings. The van der Waals surface area contributed by atoms with E-state index in [9.17, 15) is 4.79 Å². The first-order valence-corrected chi connectivity index (χ1v) is 5.81. The Morgan fingerprint density at radius 3 is 3.00 bits per heavy atom. The van der Waals surface area contributed by atoms with Gasteiger partial charge in [-0.25, -0.2) is 0 Å². The van der Waals surface area contributed by atoms with Crippen LogP contribution in [0.25, 0.3) is 0 Å². The first-order chi connectivity index (χ1) is 7.75. The molecule has 1 unspecified atom stereocenters. The summed E-state index contributed by atoms with van der Waals surface area (Å²) in [6, 6.07) is 7.69. The van der Waals surface area contributed by atoms with Crippen molar-refractivity contribution in [3.05, 3.63) is 35.4 Å². The number of hydrogen-bond acceptors (Lipinski definition) is 2. The van der Waals surface area contributed by atoms with Gasteiger partial charge in [-0.1, -0.05) is 17.7 Å². The lowest BCUT2D eigenvalue weighted by Gasteiger charge is -2.10. The van der Waals surface area contributed by atoms with Crippen LogP contribution in [-0.2, 0) is 0 Å². The summed E-state index contributed by atoms with van der Waals surface area (Å²) in [7, 11) is 0. The second-order valence-corrected chi connectivity index (χ2v) is 4.44. The van der Waals surface area contributed by atoms with Gasteiger partial charge in [0, 0.05) is 12.1 Å². The number of amides is 1. The molecular formula is C13H19ClN2O. The van der Waals surface area contributed by atoms with Crippen LogP contribution in [0.5, 0.6) is 0 Å². The molecule has 0 aromatic heterocycles. The lowest BCUT2D eigenvalue weighted by Crippen LogP contribution is -2.30. The van der Waals surface area contributed by atoms with Crippen LogP contribution in [0.15, 0.2) is 24.3 Å². The number of benzene rings is 1. The van der Waals surface area contributed by atoms with Gasteiger partial charge >= 0.3 is 0 Å². The molecule has 0 saturated carbocycles. The van der Waals surface area contributed by atoms with Crippen molar-refractivity contribution in [1.29, 1.82) is 0 Å². The molecule has 0 bridgehead atoms. The topological polar surface area (TPSA) is 41.1 Å². The molecule has 94 valence electrons. The summed E-state index contributed by atoms with van der Waals surface area (Å²) in [5, 5.41) is 6.28. The molecule has 4 heteroatoms. The number of halogens is 1. The molecule has 1 atom stereocenters. The fourth-order valence-electron chi connectivity index (χ4n) is 2.01. The fourth-order valence-corrected chi connectivity index (χ4v) is 2.01. The first kappa shape index (κ1) is 14.0. The Morgan fingerprint density at radius 2 is 2.35 bits per heavy atom. The summed E-state index contributed by atoms with van der Waals surface area (Å²) in [5.74, 6) is 0.629. The molecular weight excluding hydrogens is 236 g/mol. The molecule has 1 aromatic carbocycles. The molecule has 1 fully saturated rings. The van der Waals surface area contributed by atoms with Gasteiger partial charge in [-0.3, -0.25) is 4.79 Å². The SMILES string of the molecule is Cc1cccc(C(=O)NCC2CCNC2)c1.Cl. The van der Waals surface area contributed by atoms with E-state index in [-0.39, 0.29) is 18.3 Å². The van der Waals surface area contributed by atoms with Crippen LogP contribution in [0.2, 0.25) is 0 Å². The third-order valence-corrected chi connectivity index (χ3v) is 2.99. The maximum absolute atomic E-state index is 11.8. The highest BCUT2D eigenvalue weighted by molar-refractivity contribution is 5.94. The second kappa shape index (κ2) is 6.62. The normalized spacial score (nSPS) is 18.5. The zero-order valence-electron chi connectivity index (χ0n) is 10.0. The Morgan fingerprint density at radius 1 is 1.53 bits per heavy atom. The average molecular weight is 255 g/mol. The van der Waals surface area contributed by atoms with Gasteiger partial charge in [0.2, 0.25) is 0 Å². The fraction of sp³-hybridized carbons (Fsp3) is 0.462. The van der Waals surface area contributed by atoms with Crippen molar-refractivity contribution in [2.75, 3.05) is 19.6 Å². The van der Waals surface area contributed by atoms with Gasteiger partial charge in [-0.2, -0.15) is 0 Å². The molecule has 0 aliphatic carbocycles. The Hall–Kier alpha value is -1.06. The maximum Gasteiger partial charge on any atom is 0.251 e. The van der Waals surface area contributed by atoms with Gasteiger partial charge in [-0.15, -0.1) is 12.4 Å². The van der Waals surface area contributed by atoms with Gasteiger partial charge in [0.05, 0.1) is 0 Å². The van der Waals surface area contributed by atoms with Crippen molar-refractivity contribution >= 4 is 18.3 Å². The zero-order valence-corrected chi connectivity index (χ0v) is 10.8. The van der Waals surface area contributed by atoms with E-state index in [1.54, 1.807) is 0 Å². The molecule has 2 rings (SSSR count). The maximum atomic E-state index is 11.8.